The zero-order chi connectivity index (χ0) is 10.8. The number of hydrogen-bond acceptors (Lipinski definition) is 1. The highest BCUT2D eigenvalue weighted by atomic mass is 14.7. The largest absolute Gasteiger partial charge is 0.353 e. The molecule has 2 heteroatoms. The van der Waals surface area contributed by atoms with E-state index >= 15 is 0 Å². The third kappa shape index (κ3) is 1.77. The van der Waals surface area contributed by atoms with Crippen molar-refractivity contribution in [3.63, 3.8) is 0 Å². The maximum atomic E-state index is 8.72. The Labute approximate surface area is 89.2 Å². The number of nitrogens with zero attached hydrogens (tertiary/aromatic N) is 1. The summed E-state index contributed by atoms with van der Waals surface area (Å²) in [6, 6.07) is 10.3. The van der Waals surface area contributed by atoms with Gasteiger partial charge < -0.3 is 4.98 Å². The first-order valence-electron chi connectivity index (χ1n) is 4.87. The molecule has 0 bridgehead atoms. The number of hydrogen-bond donors (Lipinski definition) is 1. The number of aryl methyl sites for hydroxylation is 2. The van der Waals surface area contributed by atoms with Crippen LogP contribution in [0.25, 0.3) is 11.1 Å². The number of aromatic amines is 1. The highest BCUT2D eigenvalue weighted by Crippen LogP contribution is 2.22. The van der Waals surface area contributed by atoms with E-state index in [0.29, 0.717) is 5.69 Å². The first kappa shape index (κ1) is 9.54. The van der Waals surface area contributed by atoms with E-state index in [1.165, 1.54) is 11.1 Å². The van der Waals surface area contributed by atoms with Crippen LogP contribution in [0.2, 0.25) is 0 Å². The zero-order valence-corrected chi connectivity index (χ0v) is 8.83. The van der Waals surface area contributed by atoms with Crippen LogP contribution in [0.4, 0.5) is 0 Å². The number of nitrogens with one attached hydrogen (secondary N) is 1. The Morgan fingerprint density at radius 1 is 1.07 bits per heavy atom. The molecule has 0 spiro atoms. The Morgan fingerprint density at radius 2 is 1.87 bits per heavy atom. The number of aromatic nitrogens is 1. The highest BCUT2D eigenvalue weighted by Gasteiger charge is 2.02. The minimum Gasteiger partial charge on any atom is -0.353 e. The lowest BCUT2D eigenvalue weighted by Gasteiger charge is -2.02. The Bertz CT molecular complexity index is 530. The van der Waals surface area contributed by atoms with Crippen molar-refractivity contribution in [2.75, 3.05) is 0 Å². The smallest absolute Gasteiger partial charge is 0.118 e. The van der Waals surface area contributed by atoms with Crippen molar-refractivity contribution in [1.29, 1.82) is 5.26 Å². The second kappa shape index (κ2) is 3.62. The molecule has 15 heavy (non-hydrogen) atoms. The summed E-state index contributed by atoms with van der Waals surface area (Å²) in [7, 11) is 0. The van der Waals surface area contributed by atoms with E-state index in [-0.39, 0.29) is 0 Å². The van der Waals surface area contributed by atoms with Crippen molar-refractivity contribution in [1.82, 2.24) is 4.98 Å². The van der Waals surface area contributed by atoms with E-state index in [1.54, 1.807) is 0 Å². The molecule has 0 saturated heterocycles. The standard InChI is InChI=1S/C13H12N2/c1-9-3-4-11(5-10(9)2)12-6-13(7-14)15-8-12/h3-6,8,15H,1-2H3. The van der Waals surface area contributed by atoms with Gasteiger partial charge in [-0.05, 0) is 36.6 Å². The molecular formula is C13H12N2. The Kier molecular flexibility index (Phi) is 2.31. The van der Waals surface area contributed by atoms with Crippen LogP contribution in [-0.2, 0) is 0 Å². The number of nitriles is 1. The van der Waals surface area contributed by atoms with Gasteiger partial charge in [0.05, 0.1) is 0 Å². The third-order valence-corrected chi connectivity index (χ3v) is 2.64. The van der Waals surface area contributed by atoms with Crippen molar-refractivity contribution >= 4 is 0 Å². The molecule has 74 valence electrons. The molecule has 1 aromatic carbocycles. The molecule has 0 aliphatic heterocycles. The van der Waals surface area contributed by atoms with E-state index in [0.717, 1.165) is 11.1 Å². The molecule has 0 unspecified atom stereocenters. The molecule has 0 fully saturated rings. The Balaban J connectivity index is 2.46. The average Bonchev–Trinajstić information content (AvgIpc) is 2.70. The van der Waals surface area contributed by atoms with E-state index in [9.17, 15) is 0 Å². The molecule has 1 aromatic heterocycles. The lowest BCUT2D eigenvalue weighted by molar-refractivity contribution is 1.33. The second-order valence-electron chi connectivity index (χ2n) is 3.71. The molecular weight excluding hydrogens is 184 g/mol. The summed E-state index contributed by atoms with van der Waals surface area (Å²) in [6.07, 6.45) is 1.86. The van der Waals surface area contributed by atoms with Gasteiger partial charge in [-0.15, -0.1) is 0 Å². The summed E-state index contributed by atoms with van der Waals surface area (Å²) in [5.41, 5.74) is 5.37. The maximum absolute atomic E-state index is 8.72. The van der Waals surface area contributed by atoms with Crippen molar-refractivity contribution in [2.24, 2.45) is 0 Å². The highest BCUT2D eigenvalue weighted by molar-refractivity contribution is 5.65. The molecule has 0 radical (unpaired) electrons. The summed E-state index contributed by atoms with van der Waals surface area (Å²) in [4.78, 5) is 2.93. The van der Waals surface area contributed by atoms with Gasteiger partial charge in [0.2, 0.25) is 0 Å². The Hall–Kier alpha value is -2.01. The van der Waals surface area contributed by atoms with Crippen molar-refractivity contribution in [3.8, 4) is 17.2 Å². The van der Waals surface area contributed by atoms with E-state index in [2.05, 4.69) is 43.1 Å². The van der Waals surface area contributed by atoms with Crippen LogP contribution in [0.5, 0.6) is 0 Å². The maximum Gasteiger partial charge on any atom is 0.118 e. The number of H-pyrrole nitrogens is 1. The van der Waals surface area contributed by atoms with E-state index in [1.807, 2.05) is 12.3 Å². The predicted molar refractivity (Wildman–Crippen MR) is 60.4 cm³/mol. The second-order valence-corrected chi connectivity index (χ2v) is 3.71. The van der Waals surface area contributed by atoms with Crippen molar-refractivity contribution in [2.45, 2.75) is 13.8 Å². The van der Waals surface area contributed by atoms with Gasteiger partial charge in [0.25, 0.3) is 0 Å². The topological polar surface area (TPSA) is 39.6 Å². The van der Waals surface area contributed by atoms with Crippen molar-refractivity contribution in [3.05, 3.63) is 47.3 Å². The summed E-state index contributed by atoms with van der Waals surface area (Å²) in [5.74, 6) is 0. The zero-order valence-electron chi connectivity index (χ0n) is 8.83. The van der Waals surface area contributed by atoms with Gasteiger partial charge in [0, 0.05) is 11.8 Å². The van der Waals surface area contributed by atoms with Gasteiger partial charge >= 0.3 is 0 Å². The summed E-state index contributed by atoms with van der Waals surface area (Å²) in [6.45, 7) is 4.19. The van der Waals surface area contributed by atoms with Gasteiger partial charge in [-0.1, -0.05) is 18.2 Å². The normalized spacial score (nSPS) is 9.93. The molecule has 0 atom stereocenters. The van der Waals surface area contributed by atoms with Crippen LogP contribution >= 0.6 is 0 Å². The van der Waals surface area contributed by atoms with Crippen LogP contribution in [0, 0.1) is 25.2 Å². The van der Waals surface area contributed by atoms with Gasteiger partial charge in [-0.25, -0.2) is 0 Å². The van der Waals surface area contributed by atoms with Crippen LogP contribution in [-0.4, -0.2) is 4.98 Å². The fourth-order valence-corrected chi connectivity index (χ4v) is 1.55. The molecule has 2 rings (SSSR count). The first-order chi connectivity index (χ1) is 7.20. The molecule has 1 heterocycles. The summed E-state index contributed by atoms with van der Waals surface area (Å²) < 4.78 is 0. The van der Waals surface area contributed by atoms with E-state index in [4.69, 9.17) is 5.26 Å². The fourth-order valence-electron chi connectivity index (χ4n) is 1.55. The summed E-state index contributed by atoms with van der Waals surface area (Å²) in [5, 5.41) is 8.72. The molecule has 0 saturated carbocycles. The molecule has 0 amide bonds. The minimum atomic E-state index is 0.600. The van der Waals surface area contributed by atoms with Gasteiger partial charge in [0.1, 0.15) is 11.8 Å². The first-order valence-corrected chi connectivity index (χ1v) is 4.87. The monoisotopic (exact) mass is 196 g/mol. The fraction of sp³-hybridized carbons (Fsp3) is 0.154. The minimum absolute atomic E-state index is 0.600. The molecule has 0 aliphatic carbocycles. The van der Waals surface area contributed by atoms with Crippen LogP contribution in [0.1, 0.15) is 16.8 Å². The molecule has 1 N–H and O–H groups in total. The predicted octanol–water partition coefficient (Wildman–Crippen LogP) is 3.17. The molecule has 2 aromatic rings. The van der Waals surface area contributed by atoms with Crippen LogP contribution < -0.4 is 0 Å². The SMILES string of the molecule is Cc1ccc(-c2c[nH]c(C#N)c2)cc1C. The lowest BCUT2D eigenvalue weighted by Crippen LogP contribution is -1.81. The third-order valence-electron chi connectivity index (χ3n) is 2.64. The molecule has 2 nitrogen and oxygen atoms in total. The van der Waals surface area contributed by atoms with E-state index < -0.39 is 0 Å². The summed E-state index contributed by atoms with van der Waals surface area (Å²) >= 11 is 0. The average molecular weight is 196 g/mol. The van der Waals surface area contributed by atoms with Crippen LogP contribution in [0.3, 0.4) is 0 Å². The van der Waals surface area contributed by atoms with Crippen LogP contribution in [0.15, 0.2) is 30.5 Å². The Morgan fingerprint density at radius 3 is 2.47 bits per heavy atom. The number of benzene rings is 1. The van der Waals surface area contributed by atoms with Gasteiger partial charge in [-0.3, -0.25) is 0 Å². The van der Waals surface area contributed by atoms with Gasteiger partial charge in [0.15, 0.2) is 0 Å². The van der Waals surface area contributed by atoms with Crippen molar-refractivity contribution < 1.29 is 0 Å². The molecule has 0 aliphatic rings. The van der Waals surface area contributed by atoms with Gasteiger partial charge in [-0.2, -0.15) is 5.26 Å². The lowest BCUT2D eigenvalue weighted by atomic mass is 10.0. The quantitative estimate of drug-likeness (QED) is 0.747. The number of rotatable bonds is 1.